The molecule has 0 aliphatic rings. The maximum Gasteiger partial charge on any atom is 0.331 e. The summed E-state index contributed by atoms with van der Waals surface area (Å²) >= 11 is 0. The van der Waals surface area contributed by atoms with Crippen LogP contribution in [0.25, 0.3) is 0 Å². The van der Waals surface area contributed by atoms with E-state index in [1.807, 2.05) is 0 Å². The maximum atomic E-state index is 12.0. The van der Waals surface area contributed by atoms with E-state index < -0.39 is 18.1 Å². The second-order valence-electron chi connectivity index (χ2n) is 3.88. The van der Waals surface area contributed by atoms with Crippen LogP contribution in [-0.2, 0) is 4.79 Å². The number of carboxylic acid groups (broad SMARTS) is 1. The van der Waals surface area contributed by atoms with E-state index in [1.165, 1.54) is 20.4 Å². The van der Waals surface area contributed by atoms with Crippen LogP contribution in [0.15, 0.2) is 16.6 Å². The molecule has 0 amide bonds. The molecule has 0 aromatic carbocycles. The Morgan fingerprint density at radius 2 is 1.82 bits per heavy atom. The van der Waals surface area contributed by atoms with Crippen LogP contribution in [0.3, 0.4) is 0 Å². The van der Waals surface area contributed by atoms with Gasteiger partial charge in [0, 0.05) is 12.6 Å². The van der Waals surface area contributed by atoms with Crippen molar-refractivity contribution in [2.75, 3.05) is 7.05 Å². The van der Waals surface area contributed by atoms with Crippen molar-refractivity contribution in [3.8, 4) is 0 Å². The van der Waals surface area contributed by atoms with Gasteiger partial charge < -0.3 is 5.11 Å². The highest BCUT2D eigenvalue weighted by atomic mass is 19.3. The van der Waals surface area contributed by atoms with Crippen LogP contribution in [0.1, 0.15) is 34.1 Å². The van der Waals surface area contributed by atoms with Crippen LogP contribution < -0.4 is 0 Å². The average Bonchev–Trinajstić information content (AvgIpc) is 2.25. The fourth-order valence-corrected chi connectivity index (χ4v) is 0.509. The summed E-state index contributed by atoms with van der Waals surface area (Å²) in [5.41, 5.74) is -0.675. The first-order chi connectivity index (χ1) is 7.76. The molecule has 0 aromatic rings. The molecule has 17 heavy (non-hydrogen) atoms. The van der Waals surface area contributed by atoms with E-state index in [4.69, 9.17) is 5.11 Å². The first-order valence-corrected chi connectivity index (χ1v) is 5.42. The average molecular weight is 249 g/mol. The zero-order valence-electron chi connectivity index (χ0n) is 11.0. The number of aliphatic carboxylic acids is 1. The molecule has 1 N–H and O–H groups in total. The Balaban J connectivity index is 0. The Labute approximate surface area is 101 Å². The summed E-state index contributed by atoms with van der Waals surface area (Å²) in [6, 6.07) is 0. The van der Waals surface area contributed by atoms with Gasteiger partial charge in [-0.2, -0.15) is 0 Å². The molecule has 0 heterocycles. The molecular weight excluding hydrogens is 228 g/mol. The quantitative estimate of drug-likeness (QED) is 0.613. The van der Waals surface area contributed by atoms with Crippen molar-refractivity contribution in [2.45, 2.75) is 40.5 Å². The van der Waals surface area contributed by atoms with Crippen LogP contribution >= 0.6 is 0 Å². The second kappa shape index (κ2) is 9.93. The van der Waals surface area contributed by atoms with Crippen molar-refractivity contribution >= 4 is 11.7 Å². The molecule has 0 atom stereocenters. The van der Waals surface area contributed by atoms with Gasteiger partial charge in [0.25, 0.3) is 6.43 Å². The van der Waals surface area contributed by atoms with Crippen molar-refractivity contribution in [1.82, 2.24) is 0 Å². The zero-order chi connectivity index (χ0) is 14.0. The number of carbonyl (C=O) groups is 1. The first kappa shape index (κ1) is 18.1. The lowest BCUT2D eigenvalue weighted by Crippen LogP contribution is -2.09. The van der Waals surface area contributed by atoms with Crippen LogP contribution in [0.4, 0.5) is 8.78 Å². The van der Waals surface area contributed by atoms with Crippen molar-refractivity contribution < 1.29 is 18.7 Å². The highest BCUT2D eigenvalue weighted by Crippen LogP contribution is 2.02. The van der Waals surface area contributed by atoms with E-state index in [0.717, 1.165) is 12.0 Å². The number of aliphatic imine (C=N–C) groups is 1. The standard InChI is InChI=1S/C7H9F2NO2.C5H12/c1-4(7(11)12)3-5(10-2)6(8)9;1-4-5(2)3/h3,6H,1-2H3,(H,11,12);5H,4H2,1-3H3/b4-3+,10-5?;. The fourth-order valence-electron chi connectivity index (χ4n) is 0.509. The number of rotatable bonds is 4. The van der Waals surface area contributed by atoms with Gasteiger partial charge in [0.1, 0.15) is 5.71 Å². The molecule has 0 spiro atoms. The molecule has 0 bridgehead atoms. The molecule has 3 nitrogen and oxygen atoms in total. The van der Waals surface area contributed by atoms with Crippen molar-refractivity contribution in [1.29, 1.82) is 0 Å². The Hall–Kier alpha value is -1.26. The summed E-state index contributed by atoms with van der Waals surface area (Å²) in [7, 11) is 1.19. The summed E-state index contributed by atoms with van der Waals surface area (Å²) in [6.07, 6.45) is -0.572. The second-order valence-corrected chi connectivity index (χ2v) is 3.88. The summed E-state index contributed by atoms with van der Waals surface area (Å²) in [6.45, 7) is 7.88. The molecule has 100 valence electrons. The monoisotopic (exact) mass is 249 g/mol. The largest absolute Gasteiger partial charge is 0.478 e. The molecule has 0 saturated carbocycles. The predicted molar refractivity (Wildman–Crippen MR) is 65.9 cm³/mol. The highest BCUT2D eigenvalue weighted by Gasteiger charge is 2.11. The van der Waals surface area contributed by atoms with Crippen LogP contribution in [0.2, 0.25) is 0 Å². The smallest absolute Gasteiger partial charge is 0.331 e. The fraction of sp³-hybridized carbons (Fsp3) is 0.667. The molecule has 0 aromatic heterocycles. The van der Waals surface area contributed by atoms with Crippen molar-refractivity contribution in [3.63, 3.8) is 0 Å². The van der Waals surface area contributed by atoms with Gasteiger partial charge in [-0.3, -0.25) is 4.99 Å². The Morgan fingerprint density at radius 3 is 2.00 bits per heavy atom. The lowest BCUT2D eigenvalue weighted by Gasteiger charge is -1.98. The van der Waals surface area contributed by atoms with Gasteiger partial charge in [0.05, 0.1) is 0 Å². The maximum absolute atomic E-state index is 12.0. The minimum atomic E-state index is -2.73. The summed E-state index contributed by atoms with van der Waals surface area (Å²) in [5.74, 6) is -0.341. The number of allylic oxidation sites excluding steroid dienone is 1. The third kappa shape index (κ3) is 11.0. The van der Waals surface area contributed by atoms with E-state index in [0.29, 0.717) is 0 Å². The summed E-state index contributed by atoms with van der Waals surface area (Å²) in [4.78, 5) is 13.4. The van der Waals surface area contributed by atoms with Crippen molar-refractivity contribution in [2.24, 2.45) is 10.9 Å². The highest BCUT2D eigenvalue weighted by molar-refractivity contribution is 6.03. The van der Waals surface area contributed by atoms with E-state index in [1.54, 1.807) is 0 Å². The third-order valence-corrected chi connectivity index (χ3v) is 2.00. The van der Waals surface area contributed by atoms with Gasteiger partial charge >= 0.3 is 5.97 Å². The first-order valence-electron chi connectivity index (χ1n) is 5.42. The number of alkyl halides is 2. The number of hydrogen-bond acceptors (Lipinski definition) is 2. The molecule has 0 rings (SSSR count). The molecule has 0 unspecified atom stereocenters. The van der Waals surface area contributed by atoms with Gasteiger partial charge in [0.2, 0.25) is 0 Å². The third-order valence-electron chi connectivity index (χ3n) is 2.00. The van der Waals surface area contributed by atoms with Gasteiger partial charge in [-0.05, 0) is 18.9 Å². The Morgan fingerprint density at radius 1 is 1.41 bits per heavy atom. The van der Waals surface area contributed by atoms with Crippen LogP contribution in [-0.4, -0.2) is 30.3 Å². The topological polar surface area (TPSA) is 49.7 Å². The molecule has 5 heteroatoms. The van der Waals surface area contributed by atoms with E-state index in [9.17, 15) is 13.6 Å². The molecule has 0 aliphatic carbocycles. The Kier molecular flexibility index (Phi) is 10.6. The van der Waals surface area contributed by atoms with Crippen LogP contribution in [0, 0.1) is 5.92 Å². The lowest BCUT2D eigenvalue weighted by molar-refractivity contribution is -0.132. The van der Waals surface area contributed by atoms with E-state index >= 15 is 0 Å². The molecule has 0 fully saturated rings. The normalized spacial score (nSPS) is 12.5. The number of halogens is 2. The van der Waals surface area contributed by atoms with Gasteiger partial charge in [-0.1, -0.05) is 27.2 Å². The Bertz CT molecular complexity index is 284. The van der Waals surface area contributed by atoms with Crippen molar-refractivity contribution in [3.05, 3.63) is 11.6 Å². The molecular formula is C12H21F2NO2. The summed E-state index contributed by atoms with van der Waals surface area (Å²) in [5, 5.41) is 8.34. The SMILES string of the molecule is CCC(C)C.CN=C(/C=C(\C)C(=O)O)C(F)F. The minimum Gasteiger partial charge on any atom is -0.478 e. The molecule has 0 saturated heterocycles. The summed E-state index contributed by atoms with van der Waals surface area (Å²) < 4.78 is 23.9. The number of hydrogen-bond donors (Lipinski definition) is 1. The van der Waals surface area contributed by atoms with Gasteiger partial charge in [0.15, 0.2) is 0 Å². The number of carboxylic acids is 1. The van der Waals surface area contributed by atoms with Gasteiger partial charge in [-0.15, -0.1) is 0 Å². The molecule has 0 radical (unpaired) electrons. The van der Waals surface area contributed by atoms with Gasteiger partial charge in [-0.25, -0.2) is 13.6 Å². The lowest BCUT2D eigenvalue weighted by atomic mass is 10.2. The number of nitrogens with zero attached hydrogens (tertiary/aromatic N) is 1. The van der Waals surface area contributed by atoms with E-state index in [2.05, 4.69) is 25.8 Å². The predicted octanol–water partition coefficient (Wildman–Crippen LogP) is 3.41. The molecule has 0 aliphatic heterocycles. The van der Waals surface area contributed by atoms with Crippen LogP contribution in [0.5, 0.6) is 0 Å². The minimum absolute atomic E-state index is 0.157. The zero-order valence-corrected chi connectivity index (χ0v) is 11.0. The van der Waals surface area contributed by atoms with E-state index in [-0.39, 0.29) is 5.57 Å².